The van der Waals surface area contributed by atoms with Gasteiger partial charge in [-0.05, 0) is 48.9 Å². The number of aromatic nitrogens is 2. The van der Waals surface area contributed by atoms with Crippen LogP contribution in [0.25, 0.3) is 16.9 Å². The maximum absolute atomic E-state index is 12.7. The van der Waals surface area contributed by atoms with Crippen molar-refractivity contribution in [2.45, 2.75) is 13.1 Å². The number of alkyl halides is 3. The highest BCUT2D eigenvalue weighted by atomic mass is 35.5. The molecule has 3 rings (SSSR count). The van der Waals surface area contributed by atoms with Crippen molar-refractivity contribution in [1.82, 2.24) is 9.78 Å². The van der Waals surface area contributed by atoms with Gasteiger partial charge in [0, 0.05) is 10.6 Å². The number of hydrogen-bond donors (Lipinski definition) is 0. The number of nitrogens with zero attached hydrogens (tertiary/aromatic N) is 2. The summed E-state index contributed by atoms with van der Waals surface area (Å²) in [4.78, 5) is 0. The van der Waals surface area contributed by atoms with Crippen molar-refractivity contribution < 1.29 is 13.2 Å². The molecule has 0 saturated carbocycles. The molecule has 0 fully saturated rings. The molecule has 2 aromatic carbocycles. The molecule has 0 unspecified atom stereocenters. The zero-order valence-corrected chi connectivity index (χ0v) is 12.9. The molecule has 0 bridgehead atoms. The molecule has 0 atom stereocenters. The Labute approximate surface area is 136 Å². The quantitative estimate of drug-likeness (QED) is 0.602. The molecular weight excluding hydrogens is 325 g/mol. The number of rotatable bonds is 2. The number of aryl methyl sites for hydroxylation is 1. The minimum absolute atomic E-state index is 0.605. The molecule has 6 heteroatoms. The third-order valence-electron chi connectivity index (χ3n) is 3.51. The van der Waals surface area contributed by atoms with Crippen molar-refractivity contribution in [3.05, 3.63) is 70.9 Å². The van der Waals surface area contributed by atoms with Crippen molar-refractivity contribution >= 4 is 11.6 Å². The highest BCUT2D eigenvalue weighted by molar-refractivity contribution is 6.30. The van der Waals surface area contributed by atoms with E-state index in [1.807, 2.05) is 19.1 Å². The average Bonchev–Trinajstić information content (AvgIpc) is 2.89. The lowest BCUT2D eigenvalue weighted by Gasteiger charge is -2.11. The van der Waals surface area contributed by atoms with E-state index in [2.05, 4.69) is 5.10 Å². The Balaban J connectivity index is 2.07. The molecule has 23 heavy (non-hydrogen) atoms. The monoisotopic (exact) mass is 336 g/mol. The SMILES string of the molecule is Cc1cnn(-c2ccc(Cl)cc2)c1-c1ccc(C(F)(F)F)cc1. The fourth-order valence-electron chi connectivity index (χ4n) is 2.38. The van der Waals surface area contributed by atoms with Crippen LogP contribution in [0, 0.1) is 6.92 Å². The smallest absolute Gasteiger partial charge is 0.233 e. The second-order valence-electron chi connectivity index (χ2n) is 5.14. The largest absolute Gasteiger partial charge is 0.416 e. The van der Waals surface area contributed by atoms with Gasteiger partial charge in [-0.25, -0.2) is 4.68 Å². The molecule has 0 aliphatic heterocycles. The third kappa shape index (κ3) is 3.10. The second kappa shape index (κ2) is 5.74. The molecule has 0 amide bonds. The molecule has 3 aromatic rings. The van der Waals surface area contributed by atoms with Gasteiger partial charge in [-0.15, -0.1) is 0 Å². The first kappa shape index (κ1) is 15.6. The van der Waals surface area contributed by atoms with Gasteiger partial charge in [-0.1, -0.05) is 23.7 Å². The Morgan fingerprint density at radius 1 is 0.957 bits per heavy atom. The van der Waals surface area contributed by atoms with Gasteiger partial charge >= 0.3 is 6.18 Å². The predicted octanol–water partition coefficient (Wildman–Crippen LogP) is 5.52. The third-order valence-corrected chi connectivity index (χ3v) is 3.76. The molecule has 0 saturated heterocycles. The van der Waals surface area contributed by atoms with Gasteiger partial charge in [-0.2, -0.15) is 18.3 Å². The van der Waals surface area contributed by atoms with E-state index in [0.717, 1.165) is 29.1 Å². The molecule has 0 aliphatic carbocycles. The van der Waals surface area contributed by atoms with Crippen LogP contribution in [0.4, 0.5) is 13.2 Å². The lowest BCUT2D eigenvalue weighted by Crippen LogP contribution is -2.04. The average molecular weight is 337 g/mol. The maximum atomic E-state index is 12.7. The minimum atomic E-state index is -4.34. The summed E-state index contributed by atoms with van der Waals surface area (Å²) in [6.45, 7) is 1.87. The highest BCUT2D eigenvalue weighted by Gasteiger charge is 2.30. The molecule has 0 spiro atoms. The number of benzene rings is 2. The topological polar surface area (TPSA) is 17.8 Å². The highest BCUT2D eigenvalue weighted by Crippen LogP contribution is 2.32. The van der Waals surface area contributed by atoms with Gasteiger partial charge in [0.1, 0.15) is 0 Å². The molecular formula is C17H12ClF3N2. The lowest BCUT2D eigenvalue weighted by molar-refractivity contribution is -0.137. The Morgan fingerprint density at radius 3 is 2.13 bits per heavy atom. The van der Waals surface area contributed by atoms with Gasteiger partial charge in [0.05, 0.1) is 23.1 Å². The van der Waals surface area contributed by atoms with Crippen LogP contribution in [0.1, 0.15) is 11.1 Å². The van der Waals surface area contributed by atoms with E-state index in [-0.39, 0.29) is 0 Å². The molecule has 1 aromatic heterocycles. The Kier molecular flexibility index (Phi) is 3.90. The Morgan fingerprint density at radius 2 is 1.57 bits per heavy atom. The van der Waals surface area contributed by atoms with Crippen molar-refractivity contribution in [2.24, 2.45) is 0 Å². The summed E-state index contributed by atoms with van der Waals surface area (Å²) in [6.07, 6.45) is -2.66. The summed E-state index contributed by atoms with van der Waals surface area (Å²) in [5.41, 5.74) is 2.41. The number of hydrogen-bond acceptors (Lipinski definition) is 1. The fourth-order valence-corrected chi connectivity index (χ4v) is 2.50. The van der Waals surface area contributed by atoms with Gasteiger partial charge in [0.2, 0.25) is 0 Å². The summed E-state index contributed by atoms with van der Waals surface area (Å²) in [5.74, 6) is 0. The van der Waals surface area contributed by atoms with Crippen LogP contribution in [0.5, 0.6) is 0 Å². The van der Waals surface area contributed by atoms with Gasteiger partial charge < -0.3 is 0 Å². The molecule has 0 N–H and O–H groups in total. The summed E-state index contributed by atoms with van der Waals surface area (Å²) < 4.78 is 39.8. The van der Waals surface area contributed by atoms with Crippen molar-refractivity contribution in [2.75, 3.05) is 0 Å². The van der Waals surface area contributed by atoms with Crippen LogP contribution >= 0.6 is 11.6 Å². The summed E-state index contributed by atoms with van der Waals surface area (Å²) in [7, 11) is 0. The van der Waals surface area contributed by atoms with Gasteiger partial charge in [0.15, 0.2) is 0 Å². The van der Waals surface area contributed by atoms with E-state index in [0.29, 0.717) is 10.6 Å². The van der Waals surface area contributed by atoms with Gasteiger partial charge in [0.25, 0.3) is 0 Å². The van der Waals surface area contributed by atoms with E-state index in [1.54, 1.807) is 23.0 Å². The molecule has 118 valence electrons. The van der Waals surface area contributed by atoms with Crippen LogP contribution in [0.3, 0.4) is 0 Å². The molecule has 0 radical (unpaired) electrons. The summed E-state index contributed by atoms with van der Waals surface area (Å²) in [5, 5.41) is 4.92. The van der Waals surface area contributed by atoms with Crippen molar-refractivity contribution in [3.8, 4) is 16.9 Å². The van der Waals surface area contributed by atoms with Crippen LogP contribution in [0.15, 0.2) is 54.7 Å². The fraction of sp³-hybridized carbons (Fsp3) is 0.118. The first-order chi connectivity index (χ1) is 10.9. The first-order valence-electron chi connectivity index (χ1n) is 6.84. The zero-order valence-electron chi connectivity index (χ0n) is 12.1. The van der Waals surface area contributed by atoms with Crippen LogP contribution in [-0.2, 0) is 6.18 Å². The van der Waals surface area contributed by atoms with Crippen LogP contribution < -0.4 is 0 Å². The maximum Gasteiger partial charge on any atom is 0.416 e. The summed E-state index contributed by atoms with van der Waals surface area (Å²) >= 11 is 5.89. The van der Waals surface area contributed by atoms with Crippen molar-refractivity contribution in [1.29, 1.82) is 0 Å². The minimum Gasteiger partial charge on any atom is -0.233 e. The standard InChI is InChI=1S/C17H12ClF3N2/c1-11-10-22-23(15-8-6-14(18)7-9-15)16(11)12-2-4-13(5-3-12)17(19,20)21/h2-10H,1H3. The van der Waals surface area contributed by atoms with E-state index in [9.17, 15) is 13.2 Å². The van der Waals surface area contributed by atoms with E-state index >= 15 is 0 Å². The first-order valence-corrected chi connectivity index (χ1v) is 7.22. The number of halogens is 4. The zero-order chi connectivity index (χ0) is 16.6. The van der Waals surface area contributed by atoms with Crippen molar-refractivity contribution in [3.63, 3.8) is 0 Å². The van der Waals surface area contributed by atoms with E-state index in [1.165, 1.54) is 12.1 Å². The van der Waals surface area contributed by atoms with Crippen LogP contribution in [-0.4, -0.2) is 9.78 Å². The lowest BCUT2D eigenvalue weighted by atomic mass is 10.1. The molecule has 2 nitrogen and oxygen atoms in total. The van der Waals surface area contributed by atoms with Crippen LogP contribution in [0.2, 0.25) is 5.02 Å². The normalized spacial score (nSPS) is 11.7. The molecule has 1 heterocycles. The van der Waals surface area contributed by atoms with E-state index < -0.39 is 11.7 Å². The van der Waals surface area contributed by atoms with Gasteiger partial charge in [-0.3, -0.25) is 0 Å². The molecule has 0 aliphatic rings. The van der Waals surface area contributed by atoms with E-state index in [4.69, 9.17) is 11.6 Å². The summed E-state index contributed by atoms with van der Waals surface area (Å²) in [6, 6.07) is 12.2. The predicted molar refractivity (Wildman–Crippen MR) is 83.7 cm³/mol. The Bertz CT molecular complexity index is 819. The Hall–Kier alpha value is -2.27. The second-order valence-corrected chi connectivity index (χ2v) is 5.58.